The zero-order valence-electron chi connectivity index (χ0n) is 15.0. The molecular formula is C18H23FN6O. The molecule has 0 unspecified atom stereocenters. The first-order valence-corrected chi connectivity index (χ1v) is 8.60. The molecule has 1 aliphatic rings. The summed E-state index contributed by atoms with van der Waals surface area (Å²) in [6, 6.07) is 5.18. The summed E-state index contributed by atoms with van der Waals surface area (Å²) >= 11 is 0. The van der Waals surface area contributed by atoms with Crippen LogP contribution in [0, 0.1) is 0 Å². The Morgan fingerprint density at radius 3 is 2.77 bits per heavy atom. The van der Waals surface area contributed by atoms with Crippen molar-refractivity contribution in [1.29, 1.82) is 0 Å². The third kappa shape index (κ3) is 4.32. The second kappa shape index (κ2) is 8.18. The monoisotopic (exact) mass is 358 g/mol. The average Bonchev–Trinajstić information content (AvgIpc) is 3.00. The van der Waals surface area contributed by atoms with E-state index in [0.717, 1.165) is 0 Å². The maximum atomic E-state index is 14.0. The largest absolute Gasteiger partial charge is 0.373 e. The molecule has 0 spiro atoms. The molecule has 0 aromatic carbocycles. The van der Waals surface area contributed by atoms with Crippen molar-refractivity contribution < 1.29 is 9.18 Å². The Morgan fingerprint density at radius 2 is 2.12 bits per heavy atom. The number of rotatable bonds is 6. The molecule has 0 saturated carbocycles. The van der Waals surface area contributed by atoms with Gasteiger partial charge in [0.25, 0.3) is 5.91 Å². The first kappa shape index (κ1) is 18.2. The summed E-state index contributed by atoms with van der Waals surface area (Å²) in [6.45, 7) is 1.26. The molecule has 1 N–H and O–H groups in total. The maximum Gasteiger partial charge on any atom is 0.255 e. The molecule has 8 heteroatoms. The van der Waals surface area contributed by atoms with Crippen LogP contribution in [-0.4, -0.2) is 70.1 Å². The molecule has 7 nitrogen and oxygen atoms in total. The minimum atomic E-state index is -0.899. The number of alkyl halides is 1. The Kier molecular flexibility index (Phi) is 5.72. The number of anilines is 1. The molecule has 1 fully saturated rings. The van der Waals surface area contributed by atoms with Crippen LogP contribution >= 0.6 is 0 Å². The van der Waals surface area contributed by atoms with Crippen LogP contribution in [0.2, 0.25) is 0 Å². The quantitative estimate of drug-likeness (QED) is 0.845. The molecule has 2 atom stereocenters. The average molecular weight is 358 g/mol. The summed E-state index contributed by atoms with van der Waals surface area (Å²) in [5, 5.41) is 2.92. The normalized spacial score (nSPS) is 20.1. The van der Waals surface area contributed by atoms with Crippen molar-refractivity contribution in [3.8, 4) is 0 Å². The van der Waals surface area contributed by atoms with Gasteiger partial charge in [-0.15, -0.1) is 0 Å². The van der Waals surface area contributed by atoms with E-state index in [9.17, 15) is 9.18 Å². The van der Waals surface area contributed by atoms with Gasteiger partial charge in [-0.25, -0.2) is 19.3 Å². The van der Waals surface area contributed by atoms with Crippen LogP contribution in [0.5, 0.6) is 0 Å². The van der Waals surface area contributed by atoms with Crippen molar-refractivity contribution in [1.82, 2.24) is 24.8 Å². The van der Waals surface area contributed by atoms with Crippen molar-refractivity contribution in [3.05, 3.63) is 48.2 Å². The fourth-order valence-corrected chi connectivity index (χ4v) is 3.19. The number of pyridine rings is 1. The van der Waals surface area contributed by atoms with Crippen molar-refractivity contribution >= 4 is 11.7 Å². The number of nitrogens with one attached hydrogen (secondary N) is 1. The third-order valence-electron chi connectivity index (χ3n) is 4.54. The van der Waals surface area contributed by atoms with Gasteiger partial charge < -0.3 is 10.2 Å². The van der Waals surface area contributed by atoms with Gasteiger partial charge in [0, 0.05) is 51.8 Å². The lowest BCUT2D eigenvalue weighted by Crippen LogP contribution is -2.41. The Labute approximate surface area is 152 Å². The van der Waals surface area contributed by atoms with Crippen LogP contribution in [-0.2, 0) is 6.54 Å². The molecule has 1 saturated heterocycles. The highest BCUT2D eigenvalue weighted by Gasteiger charge is 2.34. The molecule has 3 rings (SSSR count). The van der Waals surface area contributed by atoms with E-state index in [1.54, 1.807) is 55.8 Å². The molecule has 1 aliphatic heterocycles. The summed E-state index contributed by atoms with van der Waals surface area (Å²) in [5.74, 6) is 1.24. The van der Waals surface area contributed by atoms with E-state index < -0.39 is 6.17 Å². The highest BCUT2D eigenvalue weighted by Crippen LogP contribution is 2.23. The van der Waals surface area contributed by atoms with E-state index in [2.05, 4.69) is 20.3 Å². The molecule has 0 radical (unpaired) electrons. The van der Waals surface area contributed by atoms with Crippen LogP contribution in [0.4, 0.5) is 10.2 Å². The molecular weight excluding hydrogens is 335 g/mol. The predicted molar refractivity (Wildman–Crippen MR) is 96.5 cm³/mol. The van der Waals surface area contributed by atoms with Gasteiger partial charge in [-0.2, -0.15) is 0 Å². The highest BCUT2D eigenvalue weighted by atomic mass is 19.1. The van der Waals surface area contributed by atoms with E-state index in [1.165, 1.54) is 0 Å². The van der Waals surface area contributed by atoms with Crippen molar-refractivity contribution in [3.63, 3.8) is 0 Å². The minimum absolute atomic E-state index is 0.0627. The van der Waals surface area contributed by atoms with Gasteiger partial charge in [0.05, 0.1) is 12.1 Å². The molecule has 3 heterocycles. The lowest BCUT2D eigenvalue weighted by Gasteiger charge is -2.28. The van der Waals surface area contributed by atoms with Gasteiger partial charge >= 0.3 is 0 Å². The Hall–Kier alpha value is -2.61. The molecule has 2 aromatic heterocycles. The number of likely N-dealkylation sites (tertiary alicyclic amines) is 1. The third-order valence-corrected chi connectivity index (χ3v) is 4.54. The number of carbonyl (C=O) groups excluding carboxylic acids is 1. The Balaban J connectivity index is 1.64. The molecule has 2 aromatic rings. The number of carbonyl (C=O) groups is 1. The fourth-order valence-electron chi connectivity index (χ4n) is 3.19. The number of amides is 1. The number of nitrogens with zero attached hydrogens (tertiary/aromatic N) is 5. The Morgan fingerprint density at radius 1 is 1.35 bits per heavy atom. The number of aromatic nitrogens is 3. The first-order valence-electron chi connectivity index (χ1n) is 8.60. The number of hydrogen-bond donors (Lipinski definition) is 1. The predicted octanol–water partition coefficient (Wildman–Crippen LogP) is 1.60. The van der Waals surface area contributed by atoms with Crippen LogP contribution in [0.15, 0.2) is 36.8 Å². The zero-order chi connectivity index (χ0) is 18.5. The van der Waals surface area contributed by atoms with Gasteiger partial charge in [0.1, 0.15) is 17.8 Å². The standard InChI is InChI=1S/C18H23FN6O/c1-20-16-5-4-13(9-23-16)18(26)24(2)11-15-8-14(19)10-25(15)12-17-21-6-3-7-22-17/h3-7,9,14-15H,8,10-12H2,1-2H3,(H,20,23)/t14-,15-/m0/s1. The van der Waals surface area contributed by atoms with Gasteiger partial charge in [0.15, 0.2) is 0 Å². The number of halogens is 1. The van der Waals surface area contributed by atoms with E-state index >= 15 is 0 Å². The summed E-state index contributed by atoms with van der Waals surface area (Å²) in [7, 11) is 3.51. The Bertz CT molecular complexity index is 726. The topological polar surface area (TPSA) is 74.2 Å². The SMILES string of the molecule is CNc1ccc(C(=O)N(C)C[C@@H]2C[C@H](F)CN2Cc2ncccn2)cn1. The van der Waals surface area contributed by atoms with Crippen molar-refractivity contribution in [2.75, 3.05) is 32.5 Å². The first-order chi connectivity index (χ1) is 12.6. The molecule has 1 amide bonds. The molecule has 138 valence electrons. The maximum absolute atomic E-state index is 14.0. The van der Waals surface area contributed by atoms with Gasteiger partial charge in [0.2, 0.25) is 0 Å². The minimum Gasteiger partial charge on any atom is -0.373 e. The second-order valence-corrected chi connectivity index (χ2v) is 6.45. The fraction of sp³-hybridized carbons (Fsp3) is 0.444. The van der Waals surface area contributed by atoms with E-state index in [0.29, 0.717) is 43.3 Å². The lowest BCUT2D eigenvalue weighted by atomic mass is 10.1. The van der Waals surface area contributed by atoms with Crippen molar-refractivity contribution in [2.45, 2.75) is 25.2 Å². The van der Waals surface area contributed by atoms with Crippen LogP contribution in [0.3, 0.4) is 0 Å². The molecule has 0 bridgehead atoms. The zero-order valence-corrected chi connectivity index (χ0v) is 15.0. The summed E-state index contributed by atoms with van der Waals surface area (Å²) < 4.78 is 14.0. The highest BCUT2D eigenvalue weighted by molar-refractivity contribution is 5.93. The lowest BCUT2D eigenvalue weighted by molar-refractivity contribution is 0.0748. The second-order valence-electron chi connectivity index (χ2n) is 6.45. The van der Waals surface area contributed by atoms with Gasteiger partial charge in [-0.1, -0.05) is 0 Å². The van der Waals surface area contributed by atoms with E-state index in [1.807, 2.05) is 4.90 Å². The van der Waals surface area contributed by atoms with Gasteiger partial charge in [-0.05, 0) is 24.6 Å². The molecule has 0 aliphatic carbocycles. The van der Waals surface area contributed by atoms with Gasteiger partial charge in [-0.3, -0.25) is 9.69 Å². The summed E-state index contributed by atoms with van der Waals surface area (Å²) in [6.07, 6.45) is 4.41. The van der Waals surface area contributed by atoms with E-state index in [4.69, 9.17) is 0 Å². The number of likely N-dealkylation sites (N-methyl/N-ethyl adjacent to an activating group) is 1. The summed E-state index contributed by atoms with van der Waals surface area (Å²) in [4.78, 5) is 28.8. The smallest absolute Gasteiger partial charge is 0.255 e. The number of hydrogen-bond acceptors (Lipinski definition) is 6. The van der Waals surface area contributed by atoms with E-state index in [-0.39, 0.29) is 11.9 Å². The van der Waals surface area contributed by atoms with Crippen LogP contribution in [0.1, 0.15) is 22.6 Å². The van der Waals surface area contributed by atoms with Crippen LogP contribution in [0.25, 0.3) is 0 Å². The summed E-state index contributed by atoms with van der Waals surface area (Å²) in [5.41, 5.74) is 0.513. The van der Waals surface area contributed by atoms with Crippen LogP contribution < -0.4 is 5.32 Å². The molecule has 26 heavy (non-hydrogen) atoms. The van der Waals surface area contributed by atoms with Crippen molar-refractivity contribution in [2.24, 2.45) is 0 Å².